The predicted molar refractivity (Wildman–Crippen MR) is 131 cm³/mol. The number of halogens is 1. The molecule has 3 rings (SSSR count). The minimum Gasteiger partial charge on any atom is -0.381 e. The Morgan fingerprint density at radius 3 is 2.52 bits per heavy atom. The number of amides is 1. The Hall–Kier alpha value is -0.690. The predicted octanol–water partition coefficient (Wildman–Crippen LogP) is 0.490. The molecule has 1 atom stereocenters. The van der Waals surface area contributed by atoms with Crippen LogP contribution in [0.4, 0.5) is 0 Å². The van der Waals surface area contributed by atoms with Gasteiger partial charge in [-0.15, -0.1) is 24.0 Å². The van der Waals surface area contributed by atoms with Crippen molar-refractivity contribution < 1.29 is 19.0 Å². The van der Waals surface area contributed by atoms with E-state index in [2.05, 4.69) is 22.0 Å². The van der Waals surface area contributed by atoms with Gasteiger partial charge in [0.15, 0.2) is 5.96 Å². The van der Waals surface area contributed by atoms with Crippen molar-refractivity contribution in [3.05, 3.63) is 0 Å². The molecular weight excluding hydrogens is 513 g/mol. The van der Waals surface area contributed by atoms with Crippen molar-refractivity contribution in [1.29, 1.82) is 0 Å². The first kappa shape index (κ1) is 26.6. The van der Waals surface area contributed by atoms with Crippen LogP contribution in [0.25, 0.3) is 0 Å². The Morgan fingerprint density at radius 1 is 1.06 bits per heavy atom. The number of guanidine groups is 1. The molecule has 180 valence electrons. The Bertz CT molecular complexity index is 534. The molecule has 0 aromatic rings. The third kappa shape index (κ3) is 9.37. The van der Waals surface area contributed by atoms with Crippen LogP contribution in [-0.2, 0) is 19.0 Å². The summed E-state index contributed by atoms with van der Waals surface area (Å²) in [5, 5.41) is 3.41. The second kappa shape index (κ2) is 15.2. The van der Waals surface area contributed by atoms with Gasteiger partial charge in [0, 0.05) is 71.5 Å². The van der Waals surface area contributed by atoms with Crippen molar-refractivity contribution in [2.24, 2.45) is 10.9 Å². The maximum atomic E-state index is 12.5. The molecule has 3 heterocycles. The molecule has 1 N–H and O–H groups in total. The fourth-order valence-corrected chi connectivity index (χ4v) is 3.96. The van der Waals surface area contributed by atoms with E-state index in [1.807, 2.05) is 4.90 Å². The van der Waals surface area contributed by atoms with Crippen LogP contribution in [0.3, 0.4) is 0 Å². The summed E-state index contributed by atoms with van der Waals surface area (Å²) < 4.78 is 16.5. The number of hydrogen-bond donors (Lipinski definition) is 1. The first-order chi connectivity index (χ1) is 14.8. The summed E-state index contributed by atoms with van der Waals surface area (Å²) in [6.45, 7) is 13.8. The molecule has 3 aliphatic rings. The molecule has 0 bridgehead atoms. The van der Waals surface area contributed by atoms with Gasteiger partial charge in [0.25, 0.3) is 0 Å². The Morgan fingerprint density at radius 2 is 1.84 bits per heavy atom. The SMILES string of the molecule is CCNC(=NCCCOCC1CCOC1)N1CCN(CC(=O)N2CCOCC2)CC1.I. The molecule has 0 radical (unpaired) electrons. The molecule has 3 fully saturated rings. The molecule has 9 nitrogen and oxygen atoms in total. The summed E-state index contributed by atoms with van der Waals surface area (Å²) in [6, 6.07) is 0. The number of rotatable bonds is 9. The number of carbonyl (C=O) groups excluding carboxylic acids is 1. The van der Waals surface area contributed by atoms with Gasteiger partial charge in [0.1, 0.15) is 0 Å². The average Bonchev–Trinajstić information content (AvgIpc) is 3.30. The lowest BCUT2D eigenvalue weighted by Gasteiger charge is -2.37. The van der Waals surface area contributed by atoms with Gasteiger partial charge in [-0.1, -0.05) is 0 Å². The fraction of sp³-hybridized carbons (Fsp3) is 0.905. The van der Waals surface area contributed by atoms with E-state index in [0.29, 0.717) is 38.8 Å². The van der Waals surface area contributed by atoms with Crippen LogP contribution < -0.4 is 5.32 Å². The smallest absolute Gasteiger partial charge is 0.236 e. The number of carbonyl (C=O) groups is 1. The molecule has 1 unspecified atom stereocenters. The lowest BCUT2D eigenvalue weighted by atomic mass is 10.1. The monoisotopic (exact) mass is 553 g/mol. The van der Waals surface area contributed by atoms with Crippen LogP contribution in [0, 0.1) is 5.92 Å². The second-order valence-corrected chi connectivity index (χ2v) is 8.15. The third-order valence-corrected chi connectivity index (χ3v) is 5.82. The minimum atomic E-state index is 0. The van der Waals surface area contributed by atoms with Crippen molar-refractivity contribution >= 4 is 35.8 Å². The van der Waals surface area contributed by atoms with Gasteiger partial charge in [0.2, 0.25) is 5.91 Å². The van der Waals surface area contributed by atoms with Gasteiger partial charge < -0.3 is 29.3 Å². The number of hydrogen-bond acceptors (Lipinski definition) is 6. The summed E-state index contributed by atoms with van der Waals surface area (Å²) in [4.78, 5) is 23.7. The van der Waals surface area contributed by atoms with Gasteiger partial charge in [-0.3, -0.25) is 14.7 Å². The van der Waals surface area contributed by atoms with Crippen molar-refractivity contribution in [2.75, 3.05) is 98.5 Å². The van der Waals surface area contributed by atoms with Gasteiger partial charge in [0.05, 0.1) is 33.0 Å². The quantitative estimate of drug-likeness (QED) is 0.193. The zero-order valence-corrected chi connectivity index (χ0v) is 21.3. The lowest BCUT2D eigenvalue weighted by molar-refractivity contribution is -0.136. The topological polar surface area (TPSA) is 78.9 Å². The first-order valence-corrected chi connectivity index (χ1v) is 11.5. The molecule has 1 amide bonds. The van der Waals surface area contributed by atoms with Crippen molar-refractivity contribution in [3.63, 3.8) is 0 Å². The van der Waals surface area contributed by atoms with Crippen molar-refractivity contribution in [3.8, 4) is 0 Å². The van der Waals surface area contributed by atoms with E-state index < -0.39 is 0 Å². The van der Waals surface area contributed by atoms with E-state index in [1.165, 1.54) is 0 Å². The number of nitrogens with one attached hydrogen (secondary N) is 1. The van der Waals surface area contributed by atoms with Crippen LogP contribution in [0.5, 0.6) is 0 Å². The molecule has 0 aromatic carbocycles. The molecule has 0 aromatic heterocycles. The molecule has 31 heavy (non-hydrogen) atoms. The average molecular weight is 553 g/mol. The van der Waals surface area contributed by atoms with E-state index in [0.717, 1.165) is 84.5 Å². The van der Waals surface area contributed by atoms with Gasteiger partial charge in [-0.25, -0.2) is 0 Å². The molecule has 0 saturated carbocycles. The summed E-state index contributed by atoms with van der Waals surface area (Å²) >= 11 is 0. The number of nitrogens with zero attached hydrogens (tertiary/aromatic N) is 4. The van der Waals surface area contributed by atoms with Crippen molar-refractivity contribution in [2.45, 2.75) is 19.8 Å². The largest absolute Gasteiger partial charge is 0.381 e. The number of piperazine rings is 1. The van der Waals surface area contributed by atoms with Crippen LogP contribution in [0.1, 0.15) is 19.8 Å². The molecule has 10 heteroatoms. The lowest BCUT2D eigenvalue weighted by Crippen LogP contribution is -2.54. The van der Waals surface area contributed by atoms with E-state index >= 15 is 0 Å². The highest BCUT2D eigenvalue weighted by atomic mass is 127. The highest BCUT2D eigenvalue weighted by molar-refractivity contribution is 14.0. The second-order valence-electron chi connectivity index (χ2n) is 8.15. The Kier molecular flexibility index (Phi) is 13.0. The van der Waals surface area contributed by atoms with Crippen LogP contribution >= 0.6 is 24.0 Å². The Balaban J connectivity index is 0.00000341. The summed E-state index contributed by atoms with van der Waals surface area (Å²) in [5.41, 5.74) is 0. The van der Waals surface area contributed by atoms with Crippen LogP contribution in [0.15, 0.2) is 4.99 Å². The van der Waals surface area contributed by atoms with Gasteiger partial charge >= 0.3 is 0 Å². The molecule has 3 saturated heterocycles. The van der Waals surface area contributed by atoms with E-state index in [4.69, 9.17) is 19.2 Å². The zero-order valence-electron chi connectivity index (χ0n) is 18.9. The maximum Gasteiger partial charge on any atom is 0.236 e. The fourth-order valence-electron chi connectivity index (χ4n) is 3.96. The van der Waals surface area contributed by atoms with Gasteiger partial charge in [-0.2, -0.15) is 0 Å². The highest BCUT2D eigenvalue weighted by Gasteiger charge is 2.24. The number of morpholine rings is 1. The standard InChI is InChI=1S/C21H39N5O4.HI/c1-2-22-21(23-5-3-12-29-17-19-4-13-30-18-19)26-8-6-24(7-9-26)16-20(27)25-10-14-28-15-11-25;/h19H,2-18H2,1H3,(H,22,23);1H. The van der Waals surface area contributed by atoms with E-state index in [9.17, 15) is 4.79 Å². The number of ether oxygens (including phenoxy) is 3. The van der Waals surface area contributed by atoms with E-state index in [1.54, 1.807) is 0 Å². The van der Waals surface area contributed by atoms with Gasteiger partial charge in [-0.05, 0) is 19.8 Å². The Labute approximate surface area is 203 Å². The number of aliphatic imine (C=N–C) groups is 1. The normalized spacial score (nSPS) is 23.0. The van der Waals surface area contributed by atoms with Crippen LogP contribution in [-0.4, -0.2) is 125 Å². The molecule has 0 aliphatic carbocycles. The van der Waals surface area contributed by atoms with Crippen LogP contribution in [0.2, 0.25) is 0 Å². The molecule has 3 aliphatic heterocycles. The zero-order chi connectivity index (χ0) is 21.0. The first-order valence-electron chi connectivity index (χ1n) is 11.5. The summed E-state index contributed by atoms with van der Waals surface area (Å²) in [6.07, 6.45) is 2.04. The minimum absolute atomic E-state index is 0. The maximum absolute atomic E-state index is 12.5. The summed E-state index contributed by atoms with van der Waals surface area (Å²) in [7, 11) is 0. The summed E-state index contributed by atoms with van der Waals surface area (Å²) in [5.74, 6) is 1.76. The third-order valence-electron chi connectivity index (χ3n) is 5.82. The molecular formula is C21H40IN5O4. The highest BCUT2D eigenvalue weighted by Crippen LogP contribution is 2.12. The molecule has 0 spiro atoms. The van der Waals surface area contributed by atoms with Crippen molar-refractivity contribution in [1.82, 2.24) is 20.0 Å². The van der Waals surface area contributed by atoms with E-state index in [-0.39, 0.29) is 29.9 Å².